The summed E-state index contributed by atoms with van der Waals surface area (Å²) < 4.78 is 5.26. The average molecular weight is 325 g/mol. The Bertz CT molecular complexity index is 711. The molecular weight excluding hydrogens is 306 g/mol. The fourth-order valence-electron chi connectivity index (χ4n) is 1.94. The Morgan fingerprint density at radius 2 is 1.78 bits per heavy atom. The number of thiocarbonyl (C=S) groups is 1. The van der Waals surface area contributed by atoms with Crippen LogP contribution in [0.5, 0.6) is 5.75 Å². The highest BCUT2D eigenvalue weighted by molar-refractivity contribution is 7.80. The van der Waals surface area contributed by atoms with E-state index in [1.54, 1.807) is 13.3 Å². The molecule has 0 aliphatic rings. The van der Waals surface area contributed by atoms with Gasteiger partial charge in [-0.05, 0) is 42.4 Å². The van der Waals surface area contributed by atoms with Crippen molar-refractivity contribution in [2.45, 2.75) is 6.92 Å². The van der Waals surface area contributed by atoms with E-state index >= 15 is 0 Å². The lowest BCUT2D eigenvalue weighted by molar-refractivity contribution is 0.417. The lowest BCUT2D eigenvalue weighted by Crippen LogP contribution is -2.24. The van der Waals surface area contributed by atoms with E-state index in [4.69, 9.17) is 17.0 Å². The quantitative estimate of drug-likeness (QED) is 0.494. The highest BCUT2D eigenvalue weighted by Gasteiger charge is 2.02. The molecule has 0 aliphatic carbocycles. The van der Waals surface area contributed by atoms with Crippen molar-refractivity contribution in [1.82, 2.24) is 5.43 Å². The predicted molar refractivity (Wildman–Crippen MR) is 101 cm³/mol. The number of methoxy groups -OCH3 is 1. The standard InChI is InChI=1S/C18H19N3OS/c1-14(12-15-8-4-3-5-9-15)13-19-21-18(23)20-16-10-6-7-11-17(16)22-2/h3-13H,1-2H3,(H2,20,21,23)/b14-12+,19-13-. The molecule has 0 saturated heterocycles. The van der Waals surface area contributed by atoms with E-state index in [2.05, 4.69) is 15.8 Å². The number of anilines is 1. The van der Waals surface area contributed by atoms with E-state index in [1.807, 2.05) is 67.6 Å². The highest BCUT2D eigenvalue weighted by atomic mass is 32.1. The van der Waals surface area contributed by atoms with Crippen molar-refractivity contribution in [3.8, 4) is 5.75 Å². The van der Waals surface area contributed by atoms with Crippen molar-refractivity contribution < 1.29 is 4.74 Å². The summed E-state index contributed by atoms with van der Waals surface area (Å²) in [5.74, 6) is 0.723. The first-order valence-electron chi connectivity index (χ1n) is 7.15. The topological polar surface area (TPSA) is 45.6 Å². The number of rotatable bonds is 5. The van der Waals surface area contributed by atoms with Gasteiger partial charge >= 0.3 is 0 Å². The fourth-order valence-corrected chi connectivity index (χ4v) is 2.10. The molecule has 0 amide bonds. The monoisotopic (exact) mass is 325 g/mol. The van der Waals surface area contributed by atoms with Gasteiger partial charge < -0.3 is 10.1 Å². The summed E-state index contributed by atoms with van der Waals surface area (Å²) in [7, 11) is 1.62. The van der Waals surface area contributed by atoms with Gasteiger partial charge in [0.25, 0.3) is 0 Å². The van der Waals surface area contributed by atoms with E-state index in [1.165, 1.54) is 0 Å². The van der Waals surface area contributed by atoms with Gasteiger partial charge in [0.2, 0.25) is 0 Å². The number of hydrogen-bond donors (Lipinski definition) is 2. The third kappa shape index (κ3) is 5.56. The van der Waals surface area contributed by atoms with Gasteiger partial charge in [-0.15, -0.1) is 0 Å². The Hall–Kier alpha value is -2.66. The van der Waals surface area contributed by atoms with Crippen LogP contribution in [0.2, 0.25) is 0 Å². The van der Waals surface area contributed by atoms with E-state index in [0.717, 1.165) is 22.6 Å². The Morgan fingerprint density at radius 3 is 2.52 bits per heavy atom. The van der Waals surface area contributed by atoms with E-state index in [9.17, 15) is 0 Å². The molecule has 0 saturated carbocycles. The molecule has 0 unspecified atom stereocenters. The van der Waals surface area contributed by atoms with Gasteiger partial charge in [-0.1, -0.05) is 48.5 Å². The number of para-hydroxylation sites is 2. The van der Waals surface area contributed by atoms with Crippen molar-refractivity contribution in [3.05, 3.63) is 65.7 Å². The summed E-state index contributed by atoms with van der Waals surface area (Å²) in [5.41, 5.74) is 5.73. The van der Waals surface area contributed by atoms with Crippen molar-refractivity contribution in [3.63, 3.8) is 0 Å². The number of benzene rings is 2. The second-order valence-corrected chi connectivity index (χ2v) is 5.23. The number of ether oxygens (including phenoxy) is 1. The molecule has 0 bridgehead atoms. The van der Waals surface area contributed by atoms with Gasteiger partial charge in [0, 0.05) is 0 Å². The minimum atomic E-state index is 0.401. The minimum Gasteiger partial charge on any atom is -0.495 e. The molecule has 0 fully saturated rings. The highest BCUT2D eigenvalue weighted by Crippen LogP contribution is 2.22. The molecular formula is C18H19N3OS. The van der Waals surface area contributed by atoms with Crippen molar-refractivity contribution in [1.29, 1.82) is 0 Å². The largest absolute Gasteiger partial charge is 0.495 e. The number of hydrazone groups is 1. The molecule has 0 aromatic heterocycles. The average Bonchev–Trinajstić information content (AvgIpc) is 2.56. The molecule has 4 nitrogen and oxygen atoms in total. The van der Waals surface area contributed by atoms with Crippen LogP contribution >= 0.6 is 12.2 Å². The first-order chi connectivity index (χ1) is 11.2. The molecule has 2 N–H and O–H groups in total. The van der Waals surface area contributed by atoms with Crippen molar-refractivity contribution in [2.24, 2.45) is 5.10 Å². The van der Waals surface area contributed by atoms with Gasteiger partial charge in [-0.2, -0.15) is 5.10 Å². The van der Waals surface area contributed by atoms with Crippen LogP contribution in [0.25, 0.3) is 6.08 Å². The molecule has 2 rings (SSSR count). The first kappa shape index (κ1) is 16.7. The molecule has 2 aromatic carbocycles. The van der Waals surface area contributed by atoms with Crippen LogP contribution in [0.15, 0.2) is 65.3 Å². The van der Waals surface area contributed by atoms with E-state index < -0.39 is 0 Å². The van der Waals surface area contributed by atoms with Crippen LogP contribution in [0, 0.1) is 0 Å². The number of nitrogens with zero attached hydrogens (tertiary/aromatic N) is 1. The second kappa shape index (κ2) is 8.70. The molecule has 5 heteroatoms. The van der Waals surface area contributed by atoms with Crippen LogP contribution in [-0.2, 0) is 0 Å². The molecule has 0 radical (unpaired) electrons. The maximum absolute atomic E-state index is 5.26. The Kier molecular flexibility index (Phi) is 6.32. The third-order valence-corrected chi connectivity index (χ3v) is 3.18. The predicted octanol–water partition coefficient (Wildman–Crippen LogP) is 4.07. The van der Waals surface area contributed by atoms with Gasteiger partial charge in [0.15, 0.2) is 5.11 Å². The summed E-state index contributed by atoms with van der Waals surface area (Å²) in [6.45, 7) is 1.98. The molecule has 0 spiro atoms. The van der Waals surface area contributed by atoms with Crippen LogP contribution < -0.4 is 15.5 Å². The lowest BCUT2D eigenvalue weighted by Gasteiger charge is -2.10. The maximum Gasteiger partial charge on any atom is 0.191 e. The second-order valence-electron chi connectivity index (χ2n) is 4.82. The summed E-state index contributed by atoms with van der Waals surface area (Å²) in [5, 5.41) is 7.58. The molecule has 23 heavy (non-hydrogen) atoms. The molecule has 0 aliphatic heterocycles. The van der Waals surface area contributed by atoms with Gasteiger partial charge in [0.1, 0.15) is 5.75 Å². The first-order valence-corrected chi connectivity index (χ1v) is 7.56. The zero-order chi connectivity index (χ0) is 16.5. The normalized spacial score (nSPS) is 11.3. The maximum atomic E-state index is 5.26. The summed E-state index contributed by atoms with van der Waals surface area (Å²) in [6, 6.07) is 17.6. The van der Waals surface area contributed by atoms with Crippen molar-refractivity contribution in [2.75, 3.05) is 12.4 Å². The van der Waals surface area contributed by atoms with E-state index in [-0.39, 0.29) is 0 Å². The third-order valence-electron chi connectivity index (χ3n) is 2.98. The zero-order valence-corrected chi connectivity index (χ0v) is 13.9. The zero-order valence-electron chi connectivity index (χ0n) is 13.1. The summed E-state index contributed by atoms with van der Waals surface area (Å²) in [4.78, 5) is 0. The number of nitrogens with one attached hydrogen (secondary N) is 2. The van der Waals surface area contributed by atoms with Gasteiger partial charge in [-0.25, -0.2) is 0 Å². The fraction of sp³-hybridized carbons (Fsp3) is 0.111. The van der Waals surface area contributed by atoms with Gasteiger partial charge in [0.05, 0.1) is 19.0 Å². The smallest absolute Gasteiger partial charge is 0.191 e. The SMILES string of the molecule is COc1ccccc1NC(=S)N/N=C\C(C)=C\c1ccccc1. The summed E-state index contributed by atoms with van der Waals surface area (Å²) in [6.07, 6.45) is 3.77. The number of allylic oxidation sites excluding steroid dienone is 1. The van der Waals surface area contributed by atoms with Crippen LogP contribution in [0.1, 0.15) is 12.5 Å². The van der Waals surface area contributed by atoms with Crippen molar-refractivity contribution >= 4 is 35.3 Å². The minimum absolute atomic E-state index is 0.401. The Morgan fingerprint density at radius 1 is 1.09 bits per heavy atom. The van der Waals surface area contributed by atoms with Gasteiger partial charge in [-0.3, -0.25) is 5.43 Å². The molecule has 2 aromatic rings. The van der Waals surface area contributed by atoms with Crippen LogP contribution in [0.3, 0.4) is 0 Å². The van der Waals surface area contributed by atoms with Crippen LogP contribution in [0.4, 0.5) is 5.69 Å². The molecule has 0 heterocycles. The molecule has 118 valence electrons. The number of hydrogen-bond acceptors (Lipinski definition) is 3. The van der Waals surface area contributed by atoms with Crippen LogP contribution in [-0.4, -0.2) is 18.4 Å². The summed E-state index contributed by atoms with van der Waals surface area (Å²) >= 11 is 5.21. The molecule has 0 atom stereocenters. The Balaban J connectivity index is 1.90. The van der Waals surface area contributed by atoms with E-state index in [0.29, 0.717) is 5.11 Å². The lowest BCUT2D eigenvalue weighted by atomic mass is 10.1. The Labute approximate surface area is 141 Å².